The average Bonchev–Trinajstić information content (AvgIpc) is 3.09. The van der Waals surface area contributed by atoms with E-state index in [0.717, 1.165) is 38.2 Å². The van der Waals surface area contributed by atoms with Gasteiger partial charge in [-0.3, -0.25) is 14.6 Å². The molecule has 1 atom stereocenters. The number of aliphatic hydroxyl groups excluding tert-OH is 1. The lowest BCUT2D eigenvalue weighted by molar-refractivity contribution is -0.131. The summed E-state index contributed by atoms with van der Waals surface area (Å²) in [6.07, 6.45) is 5.81. The molecule has 2 heterocycles. The Bertz CT molecular complexity index is 633. The molecule has 3 rings (SSSR count). The van der Waals surface area contributed by atoms with Gasteiger partial charge in [0.1, 0.15) is 12.4 Å². The SMILES string of the molecule is CC1(C(=O)NCCO)CCCN1Cc1cccc(OCCN2CCCCC2)c1. The molecule has 1 aromatic rings. The van der Waals surface area contributed by atoms with Crippen molar-refractivity contribution < 1.29 is 14.6 Å². The number of carbonyl (C=O) groups is 1. The Morgan fingerprint density at radius 1 is 1.21 bits per heavy atom. The molecule has 0 aliphatic carbocycles. The average molecular weight is 390 g/mol. The minimum absolute atomic E-state index is 0.00739. The number of amides is 1. The monoisotopic (exact) mass is 389 g/mol. The van der Waals surface area contributed by atoms with E-state index in [0.29, 0.717) is 13.2 Å². The van der Waals surface area contributed by atoms with Crippen LogP contribution in [-0.2, 0) is 11.3 Å². The standard InChI is InChI=1S/C22H35N3O3/c1-22(21(27)23-10-15-26)9-6-13-25(22)18-19-7-5-8-20(17-19)28-16-14-24-11-3-2-4-12-24/h5,7-8,17,26H,2-4,6,9-16,18H2,1H3,(H,23,27). The zero-order valence-corrected chi connectivity index (χ0v) is 17.2. The minimum Gasteiger partial charge on any atom is -0.492 e. The molecule has 2 aliphatic rings. The summed E-state index contributed by atoms with van der Waals surface area (Å²) >= 11 is 0. The van der Waals surface area contributed by atoms with E-state index in [2.05, 4.69) is 27.2 Å². The zero-order chi connectivity index (χ0) is 19.8. The second kappa shape index (κ2) is 10.2. The Hall–Kier alpha value is -1.63. The van der Waals surface area contributed by atoms with E-state index in [-0.39, 0.29) is 12.5 Å². The lowest BCUT2D eigenvalue weighted by Crippen LogP contribution is -2.53. The maximum atomic E-state index is 12.6. The van der Waals surface area contributed by atoms with Crippen LogP contribution in [0.4, 0.5) is 0 Å². The van der Waals surface area contributed by atoms with Crippen LogP contribution in [0.25, 0.3) is 0 Å². The zero-order valence-electron chi connectivity index (χ0n) is 17.2. The number of benzene rings is 1. The molecule has 0 spiro atoms. The van der Waals surface area contributed by atoms with Crippen molar-refractivity contribution in [3.05, 3.63) is 29.8 Å². The maximum absolute atomic E-state index is 12.6. The summed E-state index contributed by atoms with van der Waals surface area (Å²) in [6.45, 7) is 8.00. The van der Waals surface area contributed by atoms with Crippen molar-refractivity contribution in [3.63, 3.8) is 0 Å². The largest absolute Gasteiger partial charge is 0.492 e. The Kier molecular flexibility index (Phi) is 7.71. The summed E-state index contributed by atoms with van der Waals surface area (Å²) in [6, 6.07) is 8.24. The molecule has 0 bridgehead atoms. The maximum Gasteiger partial charge on any atom is 0.240 e. The van der Waals surface area contributed by atoms with Crippen molar-refractivity contribution in [1.82, 2.24) is 15.1 Å². The molecular weight excluding hydrogens is 354 g/mol. The number of hydrogen-bond acceptors (Lipinski definition) is 5. The number of aliphatic hydroxyl groups is 1. The highest BCUT2D eigenvalue weighted by Gasteiger charge is 2.42. The van der Waals surface area contributed by atoms with Gasteiger partial charge in [-0.15, -0.1) is 0 Å². The van der Waals surface area contributed by atoms with Crippen LogP contribution in [0.2, 0.25) is 0 Å². The summed E-state index contributed by atoms with van der Waals surface area (Å²) in [5.74, 6) is 0.910. The van der Waals surface area contributed by atoms with Gasteiger partial charge in [-0.05, 0) is 69.9 Å². The van der Waals surface area contributed by atoms with Crippen molar-refractivity contribution in [3.8, 4) is 5.75 Å². The van der Waals surface area contributed by atoms with E-state index in [1.165, 1.54) is 37.9 Å². The Labute approximate surface area is 168 Å². The molecule has 1 unspecified atom stereocenters. The molecule has 156 valence electrons. The number of nitrogens with zero attached hydrogens (tertiary/aromatic N) is 2. The molecule has 2 saturated heterocycles. The molecule has 1 aromatic carbocycles. The van der Waals surface area contributed by atoms with Gasteiger partial charge in [-0.1, -0.05) is 18.6 Å². The van der Waals surface area contributed by atoms with Crippen molar-refractivity contribution in [2.24, 2.45) is 0 Å². The predicted molar refractivity (Wildman–Crippen MR) is 110 cm³/mol. The summed E-state index contributed by atoms with van der Waals surface area (Å²) in [4.78, 5) is 17.3. The first-order chi connectivity index (χ1) is 13.6. The van der Waals surface area contributed by atoms with Gasteiger partial charge in [0.2, 0.25) is 5.91 Å². The molecule has 0 saturated carbocycles. The number of piperidine rings is 1. The predicted octanol–water partition coefficient (Wildman–Crippen LogP) is 2.01. The van der Waals surface area contributed by atoms with E-state index >= 15 is 0 Å². The number of nitrogens with one attached hydrogen (secondary N) is 1. The molecule has 1 amide bonds. The Morgan fingerprint density at radius 3 is 2.82 bits per heavy atom. The first-order valence-electron chi connectivity index (χ1n) is 10.7. The topological polar surface area (TPSA) is 65.0 Å². The molecule has 0 aromatic heterocycles. The summed E-state index contributed by atoms with van der Waals surface area (Å²) in [7, 11) is 0. The van der Waals surface area contributed by atoms with Gasteiger partial charge in [0, 0.05) is 19.6 Å². The van der Waals surface area contributed by atoms with Crippen molar-refractivity contribution >= 4 is 5.91 Å². The second-order valence-corrected chi connectivity index (χ2v) is 8.18. The molecular formula is C22H35N3O3. The number of carbonyl (C=O) groups excluding carboxylic acids is 1. The summed E-state index contributed by atoms with van der Waals surface area (Å²) in [5.41, 5.74) is 0.652. The third kappa shape index (κ3) is 5.46. The number of rotatable bonds is 9. The quantitative estimate of drug-likeness (QED) is 0.676. The fourth-order valence-electron chi connectivity index (χ4n) is 4.32. The third-order valence-corrected chi connectivity index (χ3v) is 6.07. The Morgan fingerprint density at radius 2 is 2.04 bits per heavy atom. The second-order valence-electron chi connectivity index (χ2n) is 8.18. The first kappa shape index (κ1) is 21.1. The molecule has 2 aliphatic heterocycles. The van der Waals surface area contributed by atoms with Crippen molar-refractivity contribution in [2.75, 3.05) is 45.9 Å². The van der Waals surface area contributed by atoms with Crippen LogP contribution < -0.4 is 10.1 Å². The molecule has 2 N–H and O–H groups in total. The number of hydrogen-bond donors (Lipinski definition) is 2. The minimum atomic E-state index is -0.514. The van der Waals surface area contributed by atoms with E-state index in [1.807, 2.05) is 19.1 Å². The normalized spacial score (nSPS) is 23.6. The van der Waals surface area contributed by atoms with Crippen LogP contribution in [-0.4, -0.2) is 72.3 Å². The van der Waals surface area contributed by atoms with Gasteiger partial charge >= 0.3 is 0 Å². The molecule has 6 heteroatoms. The van der Waals surface area contributed by atoms with Gasteiger partial charge in [-0.2, -0.15) is 0 Å². The van der Waals surface area contributed by atoms with Crippen molar-refractivity contribution in [1.29, 1.82) is 0 Å². The fourth-order valence-corrected chi connectivity index (χ4v) is 4.32. The highest BCUT2D eigenvalue weighted by atomic mass is 16.5. The van der Waals surface area contributed by atoms with Crippen LogP contribution in [0.3, 0.4) is 0 Å². The van der Waals surface area contributed by atoms with E-state index in [9.17, 15) is 4.79 Å². The van der Waals surface area contributed by atoms with Crippen LogP contribution >= 0.6 is 0 Å². The smallest absolute Gasteiger partial charge is 0.240 e. The van der Waals surface area contributed by atoms with Gasteiger partial charge in [0.15, 0.2) is 0 Å². The van der Waals surface area contributed by atoms with Gasteiger partial charge in [0.05, 0.1) is 12.1 Å². The van der Waals surface area contributed by atoms with Gasteiger partial charge < -0.3 is 15.2 Å². The number of likely N-dealkylation sites (tertiary alicyclic amines) is 2. The van der Waals surface area contributed by atoms with Gasteiger partial charge in [-0.25, -0.2) is 0 Å². The summed E-state index contributed by atoms with van der Waals surface area (Å²) in [5, 5.41) is 11.8. The van der Waals surface area contributed by atoms with Crippen LogP contribution in [0.15, 0.2) is 24.3 Å². The lowest BCUT2D eigenvalue weighted by Gasteiger charge is -2.34. The Balaban J connectivity index is 1.53. The molecule has 28 heavy (non-hydrogen) atoms. The first-order valence-corrected chi connectivity index (χ1v) is 10.7. The highest BCUT2D eigenvalue weighted by molar-refractivity contribution is 5.86. The fraction of sp³-hybridized carbons (Fsp3) is 0.682. The third-order valence-electron chi connectivity index (χ3n) is 6.07. The van der Waals surface area contributed by atoms with E-state index in [1.54, 1.807) is 0 Å². The van der Waals surface area contributed by atoms with E-state index < -0.39 is 5.54 Å². The lowest BCUT2D eigenvalue weighted by atomic mass is 9.97. The highest BCUT2D eigenvalue weighted by Crippen LogP contribution is 2.31. The molecule has 0 radical (unpaired) electrons. The van der Waals surface area contributed by atoms with Crippen LogP contribution in [0.1, 0.15) is 44.6 Å². The summed E-state index contributed by atoms with van der Waals surface area (Å²) < 4.78 is 6.00. The molecule has 6 nitrogen and oxygen atoms in total. The number of ether oxygens (including phenoxy) is 1. The van der Waals surface area contributed by atoms with Crippen LogP contribution in [0, 0.1) is 0 Å². The van der Waals surface area contributed by atoms with Crippen molar-refractivity contribution in [2.45, 2.75) is 51.1 Å². The molecule has 2 fully saturated rings. The van der Waals surface area contributed by atoms with Crippen LogP contribution in [0.5, 0.6) is 5.75 Å². The van der Waals surface area contributed by atoms with Gasteiger partial charge in [0.25, 0.3) is 0 Å². The van der Waals surface area contributed by atoms with E-state index in [4.69, 9.17) is 9.84 Å².